The van der Waals surface area contributed by atoms with Crippen molar-refractivity contribution in [3.63, 3.8) is 0 Å². The van der Waals surface area contributed by atoms with Crippen LogP contribution in [0.1, 0.15) is 0 Å². The number of hydrogen-bond donors (Lipinski definition) is 0. The summed E-state index contributed by atoms with van der Waals surface area (Å²) in [5, 5.41) is 0. The molecular weight excluding hydrogens is 186 g/mol. The monoisotopic (exact) mass is 195 g/mol. The quantitative estimate of drug-likeness (QED) is 0.425. The van der Waals surface area contributed by atoms with Crippen molar-refractivity contribution >= 4 is 27.7 Å². The summed E-state index contributed by atoms with van der Waals surface area (Å²) in [6, 6.07) is 0. The zero-order valence-electron chi connectivity index (χ0n) is 4.93. The Hall–Kier alpha value is 0.790. The van der Waals surface area contributed by atoms with E-state index in [0.717, 1.165) is 0 Å². The van der Waals surface area contributed by atoms with Gasteiger partial charge in [0.25, 0.3) is 0 Å². The maximum atomic E-state index is 3.56. The molecule has 0 bridgehead atoms. The molecule has 0 aliphatic carbocycles. The molecule has 1 fully saturated rings. The van der Waals surface area contributed by atoms with Crippen LogP contribution >= 0.6 is 27.7 Å². The van der Waals surface area contributed by atoms with Crippen molar-refractivity contribution in [3.05, 3.63) is 0 Å². The smallest absolute Gasteiger partial charge is 0.0745 e. The highest BCUT2D eigenvalue weighted by atomic mass is 79.9. The highest BCUT2D eigenvalue weighted by Gasteiger charge is 2.14. The molecule has 0 spiro atoms. The van der Waals surface area contributed by atoms with Crippen molar-refractivity contribution in [2.45, 2.75) is 4.95 Å². The van der Waals surface area contributed by atoms with Crippen LogP contribution in [0.2, 0.25) is 0 Å². The predicted molar refractivity (Wildman–Crippen MR) is 42.7 cm³/mol. The summed E-state index contributed by atoms with van der Waals surface area (Å²) in [4.78, 5) is 2.94. The Bertz CT molecular complexity index is 68.8. The number of nitrogens with zero attached hydrogens (tertiary/aromatic N) is 1. The third-order valence-corrected chi connectivity index (χ3v) is 3.80. The molecule has 0 aromatic heterocycles. The van der Waals surface area contributed by atoms with Gasteiger partial charge in [0.15, 0.2) is 0 Å². The number of halogens is 1. The maximum absolute atomic E-state index is 3.56. The van der Waals surface area contributed by atoms with Crippen molar-refractivity contribution in [1.29, 1.82) is 0 Å². The van der Waals surface area contributed by atoms with Crippen LogP contribution in [0, 0.1) is 0 Å². The second-order valence-electron chi connectivity index (χ2n) is 1.99. The van der Waals surface area contributed by atoms with Crippen molar-refractivity contribution in [1.82, 2.24) is 4.90 Å². The summed E-state index contributed by atoms with van der Waals surface area (Å²) in [7, 11) is 2.15. The number of rotatable bonds is 0. The summed E-state index contributed by atoms with van der Waals surface area (Å²) in [6.07, 6.45) is 0. The van der Waals surface area contributed by atoms with Gasteiger partial charge in [0.05, 0.1) is 4.95 Å². The Labute approximate surface area is 62.9 Å². The van der Waals surface area contributed by atoms with Gasteiger partial charge in [0.2, 0.25) is 0 Å². The SMILES string of the molecule is CN1CCSCC1Br. The van der Waals surface area contributed by atoms with Gasteiger partial charge in [0, 0.05) is 18.1 Å². The van der Waals surface area contributed by atoms with Crippen LogP contribution in [0.5, 0.6) is 0 Å². The molecule has 0 amide bonds. The standard InChI is InChI=1S/C5H10BrNS/c1-7-2-3-8-4-5(7)6/h5H,2-4H2,1H3. The third-order valence-electron chi connectivity index (χ3n) is 1.32. The molecule has 0 saturated carbocycles. The van der Waals surface area contributed by atoms with Crippen LogP contribution in [0.3, 0.4) is 0 Å². The Morgan fingerprint density at radius 3 is 2.88 bits per heavy atom. The average Bonchev–Trinajstić information content (AvgIpc) is 1.77. The molecule has 1 unspecified atom stereocenters. The molecule has 1 aliphatic rings. The van der Waals surface area contributed by atoms with Crippen LogP contribution < -0.4 is 0 Å². The second kappa shape index (κ2) is 3.08. The summed E-state index contributed by atoms with van der Waals surface area (Å²) >= 11 is 5.58. The Morgan fingerprint density at radius 1 is 1.75 bits per heavy atom. The van der Waals surface area contributed by atoms with E-state index in [4.69, 9.17) is 0 Å². The second-order valence-corrected chi connectivity index (χ2v) is 4.20. The minimum Gasteiger partial charge on any atom is -0.293 e. The summed E-state index contributed by atoms with van der Waals surface area (Å²) in [5.74, 6) is 2.52. The highest BCUT2D eigenvalue weighted by molar-refractivity contribution is 9.09. The predicted octanol–water partition coefficient (Wildman–Crippen LogP) is 1.39. The molecule has 3 heteroatoms. The van der Waals surface area contributed by atoms with Gasteiger partial charge in [-0.05, 0) is 7.05 Å². The zero-order valence-corrected chi connectivity index (χ0v) is 7.33. The van der Waals surface area contributed by atoms with Crippen LogP contribution in [-0.2, 0) is 0 Å². The van der Waals surface area contributed by atoms with E-state index in [1.54, 1.807) is 0 Å². The van der Waals surface area contributed by atoms with Gasteiger partial charge in [-0.1, -0.05) is 15.9 Å². The lowest BCUT2D eigenvalue weighted by Gasteiger charge is -2.27. The highest BCUT2D eigenvalue weighted by Crippen LogP contribution is 2.18. The van der Waals surface area contributed by atoms with Gasteiger partial charge >= 0.3 is 0 Å². The Kier molecular flexibility index (Phi) is 2.66. The Morgan fingerprint density at radius 2 is 2.50 bits per heavy atom. The topological polar surface area (TPSA) is 3.24 Å². The van der Waals surface area contributed by atoms with Crippen LogP contribution in [0.15, 0.2) is 0 Å². The van der Waals surface area contributed by atoms with Gasteiger partial charge in [-0.2, -0.15) is 11.8 Å². The molecule has 1 rings (SSSR count). The van der Waals surface area contributed by atoms with Gasteiger partial charge < -0.3 is 0 Å². The van der Waals surface area contributed by atoms with Crippen LogP contribution in [-0.4, -0.2) is 34.9 Å². The van der Waals surface area contributed by atoms with E-state index in [9.17, 15) is 0 Å². The Balaban J connectivity index is 2.28. The van der Waals surface area contributed by atoms with Crippen molar-refractivity contribution in [3.8, 4) is 0 Å². The first-order valence-corrected chi connectivity index (χ1v) is 4.80. The fraction of sp³-hybridized carbons (Fsp3) is 1.00. The number of thioether (sulfide) groups is 1. The van der Waals surface area contributed by atoms with E-state index < -0.39 is 0 Å². The van der Waals surface area contributed by atoms with Gasteiger partial charge in [-0.15, -0.1) is 0 Å². The molecule has 1 atom stereocenters. The summed E-state index contributed by atoms with van der Waals surface area (Å²) < 4.78 is 0. The van der Waals surface area contributed by atoms with Crippen LogP contribution in [0.25, 0.3) is 0 Å². The molecule has 1 heterocycles. The molecule has 0 N–H and O–H groups in total. The van der Waals surface area contributed by atoms with Crippen molar-refractivity contribution < 1.29 is 0 Å². The van der Waals surface area contributed by atoms with Gasteiger partial charge in [0.1, 0.15) is 0 Å². The average molecular weight is 196 g/mol. The molecule has 48 valence electrons. The lowest BCUT2D eigenvalue weighted by molar-refractivity contribution is 0.350. The van der Waals surface area contributed by atoms with E-state index in [-0.39, 0.29) is 0 Å². The largest absolute Gasteiger partial charge is 0.293 e. The molecular formula is C5H10BrNS. The first-order valence-electron chi connectivity index (χ1n) is 2.73. The first kappa shape index (κ1) is 6.90. The fourth-order valence-corrected chi connectivity index (χ4v) is 2.45. The normalized spacial score (nSPS) is 33.0. The molecule has 8 heavy (non-hydrogen) atoms. The lowest BCUT2D eigenvalue weighted by Crippen LogP contribution is -2.34. The molecule has 1 aliphatic heterocycles. The number of alkyl halides is 1. The van der Waals surface area contributed by atoms with E-state index in [2.05, 4.69) is 27.9 Å². The fourth-order valence-electron chi connectivity index (χ4n) is 0.656. The molecule has 0 aromatic rings. The number of hydrogen-bond acceptors (Lipinski definition) is 2. The third kappa shape index (κ3) is 1.64. The molecule has 0 radical (unpaired) electrons. The molecule has 1 nitrogen and oxygen atoms in total. The van der Waals surface area contributed by atoms with Crippen molar-refractivity contribution in [2.75, 3.05) is 25.1 Å². The lowest BCUT2D eigenvalue weighted by atomic mass is 10.6. The zero-order chi connectivity index (χ0) is 5.98. The molecule has 1 saturated heterocycles. The first-order chi connectivity index (χ1) is 3.80. The van der Waals surface area contributed by atoms with Crippen LogP contribution in [0.4, 0.5) is 0 Å². The summed E-state index contributed by atoms with van der Waals surface area (Å²) in [6.45, 7) is 1.22. The van der Waals surface area contributed by atoms with E-state index >= 15 is 0 Å². The van der Waals surface area contributed by atoms with Gasteiger partial charge in [-0.25, -0.2) is 0 Å². The maximum Gasteiger partial charge on any atom is 0.0745 e. The summed E-state index contributed by atoms with van der Waals surface area (Å²) in [5.41, 5.74) is 0. The minimum absolute atomic E-state index is 0.612. The van der Waals surface area contributed by atoms with Crippen molar-refractivity contribution in [2.24, 2.45) is 0 Å². The van der Waals surface area contributed by atoms with Gasteiger partial charge in [-0.3, -0.25) is 4.90 Å². The van der Waals surface area contributed by atoms with E-state index in [1.807, 2.05) is 11.8 Å². The van der Waals surface area contributed by atoms with E-state index in [1.165, 1.54) is 18.1 Å². The minimum atomic E-state index is 0.612. The van der Waals surface area contributed by atoms with E-state index in [0.29, 0.717) is 4.95 Å². The molecule has 0 aromatic carbocycles.